The van der Waals surface area contributed by atoms with Crippen molar-refractivity contribution in [2.24, 2.45) is 0 Å². The summed E-state index contributed by atoms with van der Waals surface area (Å²) >= 11 is 0. The van der Waals surface area contributed by atoms with Gasteiger partial charge in [0.25, 0.3) is 11.4 Å². The zero-order valence-corrected chi connectivity index (χ0v) is 14.4. The number of nitrogens with zero attached hydrogens (tertiary/aromatic N) is 5. The first-order chi connectivity index (χ1) is 13.3. The van der Waals surface area contributed by atoms with Crippen LogP contribution < -0.4 is 10.9 Å². The van der Waals surface area contributed by atoms with Gasteiger partial charge in [-0.2, -0.15) is 5.10 Å². The summed E-state index contributed by atoms with van der Waals surface area (Å²) in [6.45, 7) is 1.87. The molecule has 9 nitrogen and oxygen atoms in total. The van der Waals surface area contributed by atoms with Crippen molar-refractivity contribution >= 4 is 5.65 Å². The zero-order chi connectivity index (χ0) is 18.2. The second-order valence-corrected chi connectivity index (χ2v) is 6.55. The van der Waals surface area contributed by atoms with Crippen LogP contribution in [0.3, 0.4) is 0 Å². The van der Waals surface area contributed by atoms with Gasteiger partial charge in [0.05, 0.1) is 11.9 Å². The molecule has 5 heterocycles. The average molecular weight is 363 g/mol. The molecule has 136 valence electrons. The minimum absolute atomic E-state index is 0.161. The van der Waals surface area contributed by atoms with Gasteiger partial charge in [-0.05, 0) is 38.1 Å². The number of hydrogen-bond acceptors (Lipinski definition) is 7. The fourth-order valence-electron chi connectivity index (χ4n) is 3.52. The predicted molar refractivity (Wildman–Crippen MR) is 97.2 cm³/mol. The molecule has 9 heteroatoms. The number of piperidine rings is 1. The van der Waals surface area contributed by atoms with E-state index in [0.717, 1.165) is 37.2 Å². The maximum absolute atomic E-state index is 12.3. The van der Waals surface area contributed by atoms with E-state index in [1.165, 1.54) is 0 Å². The Kier molecular flexibility index (Phi) is 3.79. The molecule has 5 rings (SSSR count). The summed E-state index contributed by atoms with van der Waals surface area (Å²) in [7, 11) is 0. The third-order valence-corrected chi connectivity index (χ3v) is 4.87. The molecule has 1 aliphatic heterocycles. The summed E-state index contributed by atoms with van der Waals surface area (Å²) < 4.78 is 7.59. The Bertz CT molecular complexity index is 1140. The lowest BCUT2D eigenvalue weighted by Crippen LogP contribution is -2.28. The summed E-state index contributed by atoms with van der Waals surface area (Å²) in [6.07, 6.45) is 6.93. The smallest absolute Gasteiger partial charge is 0.253 e. The van der Waals surface area contributed by atoms with Crippen LogP contribution in [0.15, 0.2) is 46.0 Å². The lowest BCUT2D eigenvalue weighted by molar-refractivity contribution is 0.446. The minimum Gasteiger partial charge on any atom is -0.416 e. The van der Waals surface area contributed by atoms with Crippen LogP contribution in [-0.2, 0) is 0 Å². The number of hydrogen-bond donors (Lipinski definition) is 2. The molecule has 0 saturated carbocycles. The third-order valence-electron chi connectivity index (χ3n) is 4.87. The van der Waals surface area contributed by atoms with Crippen molar-refractivity contribution in [3.05, 3.63) is 52.8 Å². The van der Waals surface area contributed by atoms with Gasteiger partial charge in [0, 0.05) is 29.9 Å². The Balaban J connectivity index is 1.60. The quantitative estimate of drug-likeness (QED) is 0.568. The van der Waals surface area contributed by atoms with Gasteiger partial charge in [0.15, 0.2) is 0 Å². The first-order valence-corrected chi connectivity index (χ1v) is 8.85. The Morgan fingerprint density at radius 3 is 2.70 bits per heavy atom. The monoisotopic (exact) mass is 363 g/mol. The first kappa shape index (κ1) is 15.9. The fourth-order valence-corrected chi connectivity index (χ4v) is 3.52. The van der Waals surface area contributed by atoms with Crippen molar-refractivity contribution in [2.45, 2.75) is 18.8 Å². The van der Waals surface area contributed by atoms with Gasteiger partial charge in [-0.25, -0.2) is 4.52 Å². The number of pyridine rings is 1. The second-order valence-electron chi connectivity index (χ2n) is 6.55. The Morgan fingerprint density at radius 1 is 1.11 bits per heavy atom. The van der Waals surface area contributed by atoms with Crippen LogP contribution in [0.2, 0.25) is 0 Å². The van der Waals surface area contributed by atoms with E-state index in [2.05, 4.69) is 30.6 Å². The van der Waals surface area contributed by atoms with Crippen molar-refractivity contribution in [2.75, 3.05) is 13.1 Å². The normalized spacial score (nSPS) is 15.4. The van der Waals surface area contributed by atoms with Crippen LogP contribution in [0, 0.1) is 0 Å². The highest BCUT2D eigenvalue weighted by Gasteiger charge is 2.22. The van der Waals surface area contributed by atoms with Crippen LogP contribution >= 0.6 is 0 Å². The topological polar surface area (TPSA) is 114 Å². The molecule has 2 N–H and O–H groups in total. The van der Waals surface area contributed by atoms with E-state index in [0.29, 0.717) is 28.9 Å². The summed E-state index contributed by atoms with van der Waals surface area (Å²) in [5, 5.41) is 16.1. The molecule has 0 bridgehead atoms. The number of rotatable bonds is 3. The number of fused-ring (bicyclic) bond motifs is 1. The van der Waals surface area contributed by atoms with E-state index in [1.54, 1.807) is 41.3 Å². The van der Waals surface area contributed by atoms with Crippen molar-refractivity contribution in [3.63, 3.8) is 0 Å². The molecule has 1 fully saturated rings. The maximum Gasteiger partial charge on any atom is 0.253 e. The number of aromatic amines is 1. The molecule has 0 amide bonds. The Hall–Kier alpha value is -3.33. The molecule has 1 saturated heterocycles. The molecule has 4 aromatic rings. The molecule has 0 atom stereocenters. The third kappa shape index (κ3) is 2.81. The minimum atomic E-state index is -0.161. The molecule has 4 aromatic heterocycles. The summed E-state index contributed by atoms with van der Waals surface area (Å²) in [6, 6.07) is 5.23. The highest BCUT2D eigenvalue weighted by atomic mass is 16.4. The van der Waals surface area contributed by atoms with E-state index < -0.39 is 0 Å². The molecule has 1 aliphatic rings. The second kappa shape index (κ2) is 6.44. The lowest BCUT2D eigenvalue weighted by atomic mass is 9.94. The highest BCUT2D eigenvalue weighted by molar-refractivity contribution is 5.71. The maximum atomic E-state index is 12.3. The van der Waals surface area contributed by atoms with Gasteiger partial charge in [0.1, 0.15) is 11.2 Å². The van der Waals surface area contributed by atoms with Gasteiger partial charge in [-0.3, -0.25) is 9.78 Å². The van der Waals surface area contributed by atoms with Crippen molar-refractivity contribution in [1.29, 1.82) is 0 Å². The molecule has 0 aromatic carbocycles. The number of nitrogens with one attached hydrogen (secondary N) is 2. The first-order valence-electron chi connectivity index (χ1n) is 8.85. The average Bonchev–Trinajstić information content (AvgIpc) is 3.35. The SMILES string of the molecule is O=c1cc(C2CCNCC2)n2ncc(-c3nnc(-c4ccncc4)o3)c2[nH]1. The molecule has 0 radical (unpaired) electrons. The van der Waals surface area contributed by atoms with Gasteiger partial charge in [-0.1, -0.05) is 0 Å². The zero-order valence-electron chi connectivity index (χ0n) is 14.4. The van der Waals surface area contributed by atoms with Crippen LogP contribution in [0.1, 0.15) is 24.5 Å². The summed E-state index contributed by atoms with van der Waals surface area (Å²) in [4.78, 5) is 19.1. The van der Waals surface area contributed by atoms with Crippen molar-refractivity contribution in [3.8, 4) is 22.9 Å². The lowest BCUT2D eigenvalue weighted by Gasteiger charge is -2.23. The number of H-pyrrole nitrogens is 1. The van der Waals surface area contributed by atoms with E-state index >= 15 is 0 Å². The van der Waals surface area contributed by atoms with Crippen molar-refractivity contribution < 1.29 is 4.42 Å². The molecule has 27 heavy (non-hydrogen) atoms. The van der Waals surface area contributed by atoms with Crippen LogP contribution in [-0.4, -0.2) is 42.9 Å². The molecule has 0 spiro atoms. The summed E-state index contributed by atoms with van der Waals surface area (Å²) in [5.74, 6) is 0.998. The van der Waals surface area contributed by atoms with E-state index in [9.17, 15) is 4.79 Å². The summed E-state index contributed by atoms with van der Waals surface area (Å²) in [5.41, 5.74) is 2.71. The van der Waals surface area contributed by atoms with E-state index in [4.69, 9.17) is 4.42 Å². The van der Waals surface area contributed by atoms with E-state index in [-0.39, 0.29) is 5.56 Å². The fraction of sp³-hybridized carbons (Fsp3) is 0.278. The molecule has 0 unspecified atom stereocenters. The highest BCUT2D eigenvalue weighted by Crippen LogP contribution is 2.29. The van der Waals surface area contributed by atoms with Gasteiger partial charge in [0.2, 0.25) is 5.89 Å². The molecular weight excluding hydrogens is 346 g/mol. The van der Waals surface area contributed by atoms with Gasteiger partial charge in [-0.15, -0.1) is 10.2 Å². The Labute approximate surface area is 153 Å². The Morgan fingerprint density at radius 2 is 1.89 bits per heavy atom. The number of aromatic nitrogens is 6. The van der Waals surface area contributed by atoms with Gasteiger partial charge < -0.3 is 14.7 Å². The van der Waals surface area contributed by atoms with Crippen LogP contribution in [0.4, 0.5) is 0 Å². The largest absolute Gasteiger partial charge is 0.416 e. The molecule has 0 aliphatic carbocycles. The standard InChI is InChI=1S/C18H17N7O2/c26-15-9-14(11-1-5-19-6-2-11)25-16(22-15)13(10-21-25)18-24-23-17(27-18)12-3-7-20-8-4-12/h3-4,7-11,19H,1-2,5-6H2,(H,22,26). The van der Waals surface area contributed by atoms with Crippen LogP contribution in [0.25, 0.3) is 28.6 Å². The molecular formula is C18H17N7O2. The predicted octanol–water partition coefficient (Wildman–Crippen LogP) is 1.60. The van der Waals surface area contributed by atoms with Gasteiger partial charge >= 0.3 is 0 Å². The van der Waals surface area contributed by atoms with E-state index in [1.807, 2.05) is 0 Å². The van der Waals surface area contributed by atoms with Crippen molar-refractivity contribution in [1.82, 2.24) is 35.1 Å². The van der Waals surface area contributed by atoms with Crippen LogP contribution in [0.5, 0.6) is 0 Å².